The summed E-state index contributed by atoms with van der Waals surface area (Å²) in [5, 5.41) is 0. The summed E-state index contributed by atoms with van der Waals surface area (Å²) in [5.41, 5.74) is 1.84. The van der Waals surface area contributed by atoms with Crippen molar-refractivity contribution < 1.29 is 27.5 Å². The van der Waals surface area contributed by atoms with E-state index in [9.17, 15) is 22.8 Å². The van der Waals surface area contributed by atoms with E-state index in [4.69, 9.17) is 0 Å². The largest absolute Gasteiger partial charge is 0.573 e. The molecule has 160 valence electrons. The Bertz CT molecular complexity index is 932. The Balaban J connectivity index is 1.77. The van der Waals surface area contributed by atoms with Gasteiger partial charge in [-0.2, -0.15) is 0 Å². The first kappa shape index (κ1) is 21.6. The van der Waals surface area contributed by atoms with Crippen LogP contribution in [-0.4, -0.2) is 53.2 Å². The molecule has 1 fully saturated rings. The zero-order chi connectivity index (χ0) is 22.1. The monoisotopic (exact) mass is 422 g/mol. The summed E-state index contributed by atoms with van der Waals surface area (Å²) in [5.74, 6) is -0.882. The van der Waals surface area contributed by atoms with Crippen molar-refractivity contribution in [3.8, 4) is 5.75 Å². The van der Waals surface area contributed by atoms with E-state index in [0.717, 1.165) is 28.3 Å². The Hall–Kier alpha value is -3.14. The molecule has 1 aliphatic heterocycles. The second-order valence-electron chi connectivity index (χ2n) is 7.20. The molecule has 30 heavy (non-hydrogen) atoms. The van der Waals surface area contributed by atoms with Gasteiger partial charge in [-0.15, -0.1) is 13.2 Å². The standard InChI is InChI=1S/C20H21F3N4O3/c1-13-18(28)27(16-4-6-17(7-5-16)30-20(21,22)23)19(29)26(13)11-14-8-9-24-15(10-14)12-25(2)3/h4-10,13H,11-12H2,1-3H3. The van der Waals surface area contributed by atoms with Crippen molar-refractivity contribution in [2.75, 3.05) is 19.0 Å². The molecule has 1 saturated heterocycles. The summed E-state index contributed by atoms with van der Waals surface area (Å²) in [4.78, 5) is 34.2. The number of anilines is 1. The van der Waals surface area contributed by atoms with E-state index in [1.807, 2.05) is 25.1 Å². The van der Waals surface area contributed by atoms with Crippen LogP contribution in [-0.2, 0) is 17.9 Å². The van der Waals surface area contributed by atoms with Crippen molar-refractivity contribution in [2.24, 2.45) is 0 Å². The molecule has 0 N–H and O–H groups in total. The van der Waals surface area contributed by atoms with E-state index in [2.05, 4.69) is 9.72 Å². The van der Waals surface area contributed by atoms with Crippen LogP contribution >= 0.6 is 0 Å². The number of benzene rings is 1. The molecular weight excluding hydrogens is 401 g/mol. The zero-order valence-electron chi connectivity index (χ0n) is 16.7. The molecule has 1 aromatic carbocycles. The highest BCUT2D eigenvalue weighted by atomic mass is 19.4. The van der Waals surface area contributed by atoms with Crippen LogP contribution in [0.2, 0.25) is 0 Å². The number of pyridine rings is 1. The van der Waals surface area contributed by atoms with Crippen LogP contribution in [0.3, 0.4) is 0 Å². The molecule has 0 spiro atoms. The maximum atomic E-state index is 12.9. The number of alkyl halides is 3. The van der Waals surface area contributed by atoms with Gasteiger partial charge in [-0.05, 0) is 63.0 Å². The van der Waals surface area contributed by atoms with Crippen molar-refractivity contribution in [2.45, 2.75) is 32.4 Å². The number of aromatic nitrogens is 1. The molecule has 0 radical (unpaired) electrons. The van der Waals surface area contributed by atoms with Gasteiger partial charge in [0.15, 0.2) is 0 Å². The molecule has 1 atom stereocenters. The number of rotatable bonds is 6. The van der Waals surface area contributed by atoms with E-state index in [0.29, 0.717) is 6.54 Å². The van der Waals surface area contributed by atoms with Crippen molar-refractivity contribution in [1.29, 1.82) is 0 Å². The fourth-order valence-electron chi connectivity index (χ4n) is 3.18. The molecule has 1 unspecified atom stereocenters. The minimum atomic E-state index is -4.82. The van der Waals surface area contributed by atoms with Crippen molar-refractivity contribution in [3.63, 3.8) is 0 Å². The summed E-state index contributed by atoms with van der Waals surface area (Å²) in [6, 6.07) is 7.01. The van der Waals surface area contributed by atoms with E-state index >= 15 is 0 Å². The molecule has 0 aliphatic carbocycles. The third-order valence-electron chi connectivity index (χ3n) is 4.52. The number of hydrogen-bond acceptors (Lipinski definition) is 5. The highest BCUT2D eigenvalue weighted by Gasteiger charge is 2.43. The number of ether oxygens (including phenoxy) is 1. The second-order valence-corrected chi connectivity index (χ2v) is 7.20. The van der Waals surface area contributed by atoms with Crippen LogP contribution in [0.1, 0.15) is 18.2 Å². The second kappa shape index (κ2) is 8.31. The first-order chi connectivity index (χ1) is 14.0. The molecule has 1 aromatic heterocycles. The normalized spacial score (nSPS) is 17.2. The Kier molecular flexibility index (Phi) is 5.97. The molecule has 2 heterocycles. The summed E-state index contributed by atoms with van der Waals surface area (Å²) >= 11 is 0. The predicted octanol–water partition coefficient (Wildman–Crippen LogP) is 3.40. The van der Waals surface area contributed by atoms with Gasteiger partial charge in [0.25, 0.3) is 5.91 Å². The van der Waals surface area contributed by atoms with Crippen LogP contribution in [0.25, 0.3) is 0 Å². The Morgan fingerprint density at radius 2 is 1.80 bits per heavy atom. The minimum Gasteiger partial charge on any atom is -0.406 e. The summed E-state index contributed by atoms with van der Waals surface area (Å²) in [6.45, 7) is 2.46. The first-order valence-corrected chi connectivity index (χ1v) is 9.14. The Morgan fingerprint density at radius 3 is 2.40 bits per heavy atom. The van der Waals surface area contributed by atoms with Crippen LogP contribution in [0.5, 0.6) is 5.75 Å². The van der Waals surface area contributed by atoms with Gasteiger partial charge >= 0.3 is 12.4 Å². The molecule has 3 amide bonds. The average Bonchev–Trinajstić information content (AvgIpc) is 2.85. The number of imide groups is 1. The summed E-state index contributed by atoms with van der Waals surface area (Å²) < 4.78 is 40.8. The lowest BCUT2D eigenvalue weighted by Crippen LogP contribution is -2.33. The molecule has 10 heteroatoms. The van der Waals surface area contributed by atoms with E-state index in [1.54, 1.807) is 19.2 Å². The average molecular weight is 422 g/mol. The van der Waals surface area contributed by atoms with Crippen molar-refractivity contribution in [1.82, 2.24) is 14.8 Å². The van der Waals surface area contributed by atoms with Crippen LogP contribution in [0.4, 0.5) is 23.7 Å². The topological polar surface area (TPSA) is 66.0 Å². The van der Waals surface area contributed by atoms with Gasteiger partial charge in [-0.3, -0.25) is 9.78 Å². The van der Waals surface area contributed by atoms with Gasteiger partial charge in [0.05, 0.1) is 11.4 Å². The van der Waals surface area contributed by atoms with Gasteiger partial charge in [0, 0.05) is 19.3 Å². The molecule has 2 aromatic rings. The summed E-state index contributed by atoms with van der Waals surface area (Å²) in [7, 11) is 3.84. The first-order valence-electron chi connectivity index (χ1n) is 9.14. The molecular formula is C20H21F3N4O3. The van der Waals surface area contributed by atoms with E-state index < -0.39 is 30.1 Å². The predicted molar refractivity (Wildman–Crippen MR) is 103 cm³/mol. The number of nitrogens with zero attached hydrogens (tertiary/aromatic N) is 4. The number of carbonyl (C=O) groups is 2. The Morgan fingerprint density at radius 1 is 1.13 bits per heavy atom. The maximum Gasteiger partial charge on any atom is 0.573 e. The fraction of sp³-hybridized carbons (Fsp3) is 0.350. The number of halogens is 3. The highest BCUT2D eigenvalue weighted by molar-refractivity contribution is 6.21. The summed E-state index contributed by atoms with van der Waals surface area (Å²) in [6.07, 6.45) is -3.17. The van der Waals surface area contributed by atoms with Crippen molar-refractivity contribution >= 4 is 17.6 Å². The van der Waals surface area contributed by atoms with Crippen LogP contribution in [0, 0.1) is 0 Å². The van der Waals surface area contributed by atoms with Gasteiger partial charge in [-0.25, -0.2) is 9.69 Å². The number of carbonyl (C=O) groups excluding carboxylic acids is 2. The Labute approximate surface area is 171 Å². The lowest BCUT2D eigenvalue weighted by atomic mass is 10.2. The van der Waals surface area contributed by atoms with Crippen LogP contribution < -0.4 is 9.64 Å². The molecule has 1 aliphatic rings. The van der Waals surface area contributed by atoms with E-state index in [1.165, 1.54) is 17.0 Å². The molecule has 0 bridgehead atoms. The van der Waals surface area contributed by atoms with Crippen molar-refractivity contribution in [3.05, 3.63) is 53.9 Å². The maximum absolute atomic E-state index is 12.9. The number of amides is 3. The van der Waals surface area contributed by atoms with Gasteiger partial charge in [0.1, 0.15) is 11.8 Å². The minimum absolute atomic E-state index is 0.178. The fourth-order valence-corrected chi connectivity index (χ4v) is 3.18. The van der Waals surface area contributed by atoms with Crippen LogP contribution in [0.15, 0.2) is 42.6 Å². The molecule has 0 saturated carbocycles. The lowest BCUT2D eigenvalue weighted by Gasteiger charge is -2.20. The van der Waals surface area contributed by atoms with Gasteiger partial charge in [0.2, 0.25) is 0 Å². The molecule has 3 rings (SSSR count). The third kappa shape index (κ3) is 4.88. The SMILES string of the molecule is CC1C(=O)N(c2ccc(OC(F)(F)F)cc2)C(=O)N1Cc1ccnc(CN(C)C)c1. The third-order valence-corrected chi connectivity index (χ3v) is 4.52. The molecule has 7 nitrogen and oxygen atoms in total. The number of hydrogen-bond donors (Lipinski definition) is 0. The number of urea groups is 1. The zero-order valence-corrected chi connectivity index (χ0v) is 16.7. The smallest absolute Gasteiger partial charge is 0.406 e. The van der Waals surface area contributed by atoms with E-state index in [-0.39, 0.29) is 12.2 Å². The van der Waals surface area contributed by atoms with Gasteiger partial charge < -0.3 is 14.5 Å². The quantitative estimate of drug-likeness (QED) is 0.668. The lowest BCUT2D eigenvalue weighted by molar-refractivity contribution is -0.274. The van der Waals surface area contributed by atoms with Gasteiger partial charge in [-0.1, -0.05) is 0 Å². The highest BCUT2D eigenvalue weighted by Crippen LogP contribution is 2.30.